The summed E-state index contributed by atoms with van der Waals surface area (Å²) >= 11 is 0. The third kappa shape index (κ3) is 1.64. The van der Waals surface area contributed by atoms with Gasteiger partial charge in [-0.15, -0.1) is 0 Å². The fourth-order valence-electron chi connectivity index (χ4n) is 2.86. The number of aliphatic hydroxyl groups excluding tert-OH is 2. The van der Waals surface area contributed by atoms with Gasteiger partial charge in [0.2, 0.25) is 0 Å². The molecule has 2 aliphatic rings. The maximum atomic E-state index is 11.6. The van der Waals surface area contributed by atoms with E-state index < -0.39 is 5.41 Å². The summed E-state index contributed by atoms with van der Waals surface area (Å²) in [6.45, 7) is 1.97. The Morgan fingerprint density at radius 1 is 1.47 bits per heavy atom. The Morgan fingerprint density at radius 2 is 2.13 bits per heavy atom. The summed E-state index contributed by atoms with van der Waals surface area (Å²) in [5.74, 6) is 0.629. The summed E-state index contributed by atoms with van der Waals surface area (Å²) in [6.07, 6.45) is 4.11. The highest BCUT2D eigenvalue weighted by atomic mass is 16.3. The van der Waals surface area contributed by atoms with Crippen LogP contribution in [-0.2, 0) is 4.79 Å². The molecule has 0 aromatic heterocycles. The molecule has 0 heterocycles. The van der Waals surface area contributed by atoms with Gasteiger partial charge in [0.25, 0.3) is 0 Å². The maximum Gasteiger partial charge on any atom is 0.140 e. The summed E-state index contributed by atoms with van der Waals surface area (Å²) in [5, 5.41) is 18.6. The lowest BCUT2D eigenvalue weighted by atomic mass is 9.71. The van der Waals surface area contributed by atoms with Crippen molar-refractivity contribution >= 4 is 5.78 Å². The van der Waals surface area contributed by atoms with E-state index in [1.165, 1.54) is 5.57 Å². The zero-order chi connectivity index (χ0) is 11.1. The zero-order valence-electron chi connectivity index (χ0n) is 9.07. The van der Waals surface area contributed by atoms with Crippen LogP contribution in [0.25, 0.3) is 0 Å². The van der Waals surface area contributed by atoms with Crippen molar-refractivity contribution in [1.29, 1.82) is 0 Å². The number of ketones is 1. The van der Waals surface area contributed by atoms with Crippen LogP contribution in [0.4, 0.5) is 0 Å². The molecule has 2 unspecified atom stereocenters. The van der Waals surface area contributed by atoms with Gasteiger partial charge in [0.1, 0.15) is 5.78 Å². The van der Waals surface area contributed by atoms with Gasteiger partial charge in [0.15, 0.2) is 0 Å². The second-order valence-corrected chi connectivity index (χ2v) is 5.02. The van der Waals surface area contributed by atoms with Crippen molar-refractivity contribution in [3.05, 3.63) is 11.6 Å². The van der Waals surface area contributed by atoms with E-state index in [-0.39, 0.29) is 25.0 Å². The second-order valence-electron chi connectivity index (χ2n) is 5.02. The average molecular weight is 210 g/mol. The van der Waals surface area contributed by atoms with Crippen LogP contribution in [-0.4, -0.2) is 29.2 Å². The van der Waals surface area contributed by atoms with Crippen molar-refractivity contribution in [1.82, 2.24) is 0 Å². The van der Waals surface area contributed by atoms with Gasteiger partial charge in [-0.25, -0.2) is 0 Å². The highest BCUT2D eigenvalue weighted by molar-refractivity contribution is 5.87. The number of fused-ring (bicyclic) bond motifs is 1. The SMILES string of the molecule is CC1C(=O)CC2CC(CO)(CO)CC=C21. The van der Waals surface area contributed by atoms with Crippen LogP contribution in [0.2, 0.25) is 0 Å². The molecule has 2 atom stereocenters. The van der Waals surface area contributed by atoms with E-state index in [0.717, 1.165) is 6.42 Å². The van der Waals surface area contributed by atoms with Gasteiger partial charge in [-0.1, -0.05) is 18.6 Å². The molecule has 1 fully saturated rings. The molecule has 2 aliphatic carbocycles. The van der Waals surface area contributed by atoms with E-state index in [9.17, 15) is 15.0 Å². The van der Waals surface area contributed by atoms with Crippen molar-refractivity contribution in [3.63, 3.8) is 0 Å². The van der Waals surface area contributed by atoms with Crippen LogP contribution in [0, 0.1) is 17.3 Å². The molecule has 0 amide bonds. The van der Waals surface area contributed by atoms with E-state index in [0.29, 0.717) is 18.6 Å². The Kier molecular flexibility index (Phi) is 2.69. The molecule has 0 spiro atoms. The van der Waals surface area contributed by atoms with E-state index in [1.807, 2.05) is 6.92 Å². The maximum absolute atomic E-state index is 11.6. The van der Waals surface area contributed by atoms with Gasteiger partial charge in [-0.2, -0.15) is 0 Å². The van der Waals surface area contributed by atoms with E-state index in [4.69, 9.17) is 0 Å². The number of carbonyl (C=O) groups is 1. The van der Waals surface area contributed by atoms with Gasteiger partial charge in [-0.05, 0) is 18.8 Å². The first-order valence-electron chi connectivity index (χ1n) is 5.56. The number of carbonyl (C=O) groups excluding carboxylic acids is 1. The lowest BCUT2D eigenvalue weighted by Gasteiger charge is -2.36. The lowest BCUT2D eigenvalue weighted by Crippen LogP contribution is -2.34. The summed E-state index contributed by atoms with van der Waals surface area (Å²) in [4.78, 5) is 11.6. The van der Waals surface area contributed by atoms with Gasteiger partial charge < -0.3 is 10.2 Å². The normalized spacial score (nSPS) is 33.8. The molecule has 0 saturated heterocycles. The van der Waals surface area contributed by atoms with Crippen LogP contribution in [0.3, 0.4) is 0 Å². The third-order valence-corrected chi connectivity index (χ3v) is 4.02. The van der Waals surface area contributed by atoms with Crippen molar-refractivity contribution < 1.29 is 15.0 Å². The minimum absolute atomic E-state index is 0.00630. The van der Waals surface area contributed by atoms with E-state index in [2.05, 4.69) is 6.08 Å². The molecular weight excluding hydrogens is 192 g/mol. The number of aliphatic hydroxyl groups is 2. The number of hydrogen-bond acceptors (Lipinski definition) is 3. The fraction of sp³-hybridized carbons (Fsp3) is 0.750. The van der Waals surface area contributed by atoms with Crippen LogP contribution in [0.5, 0.6) is 0 Å². The number of hydrogen-bond donors (Lipinski definition) is 2. The number of rotatable bonds is 2. The Balaban J connectivity index is 2.22. The monoisotopic (exact) mass is 210 g/mol. The quantitative estimate of drug-likeness (QED) is 0.666. The minimum atomic E-state index is -0.390. The molecule has 84 valence electrons. The molecule has 3 heteroatoms. The standard InChI is InChI=1S/C12H18O3/c1-8-10-2-3-12(6-13,7-14)5-9(10)4-11(8)15/h2,8-9,13-14H,3-7H2,1H3. The molecule has 0 aromatic carbocycles. The first-order chi connectivity index (χ1) is 7.12. The highest BCUT2D eigenvalue weighted by Crippen LogP contribution is 2.46. The Hall–Kier alpha value is -0.670. The van der Waals surface area contributed by atoms with Crippen molar-refractivity contribution in [2.75, 3.05) is 13.2 Å². The molecule has 0 aliphatic heterocycles. The van der Waals surface area contributed by atoms with E-state index >= 15 is 0 Å². The second kappa shape index (κ2) is 3.72. The summed E-state index contributed by atoms with van der Waals surface area (Å²) in [5.41, 5.74) is 0.843. The zero-order valence-corrected chi connectivity index (χ0v) is 9.07. The first-order valence-corrected chi connectivity index (χ1v) is 5.56. The van der Waals surface area contributed by atoms with Crippen molar-refractivity contribution in [3.8, 4) is 0 Å². The molecular formula is C12H18O3. The van der Waals surface area contributed by atoms with Gasteiger partial charge >= 0.3 is 0 Å². The Labute approximate surface area is 89.8 Å². The molecule has 1 saturated carbocycles. The predicted octanol–water partition coefficient (Wildman–Crippen LogP) is 0.903. The molecule has 3 nitrogen and oxygen atoms in total. The van der Waals surface area contributed by atoms with Crippen LogP contribution in [0.15, 0.2) is 11.6 Å². The summed E-state index contributed by atoms with van der Waals surface area (Å²) < 4.78 is 0. The number of Topliss-reactive ketones (excluding diaryl/α,β-unsaturated/α-hetero) is 1. The first kappa shape index (κ1) is 10.8. The molecule has 0 radical (unpaired) electrons. The van der Waals surface area contributed by atoms with Crippen molar-refractivity contribution in [2.24, 2.45) is 17.3 Å². The molecule has 15 heavy (non-hydrogen) atoms. The highest BCUT2D eigenvalue weighted by Gasteiger charge is 2.43. The van der Waals surface area contributed by atoms with Crippen molar-refractivity contribution in [2.45, 2.75) is 26.2 Å². The van der Waals surface area contributed by atoms with Crippen LogP contribution < -0.4 is 0 Å². The fourth-order valence-corrected chi connectivity index (χ4v) is 2.86. The summed E-state index contributed by atoms with van der Waals surface area (Å²) in [6, 6.07) is 0. The van der Waals surface area contributed by atoms with Crippen LogP contribution in [0.1, 0.15) is 26.2 Å². The van der Waals surface area contributed by atoms with Gasteiger partial charge in [-0.3, -0.25) is 4.79 Å². The van der Waals surface area contributed by atoms with Gasteiger partial charge in [0.05, 0.1) is 13.2 Å². The molecule has 0 aromatic rings. The predicted molar refractivity (Wildman–Crippen MR) is 56.2 cm³/mol. The topological polar surface area (TPSA) is 57.5 Å². The Bertz CT molecular complexity index is 302. The lowest BCUT2D eigenvalue weighted by molar-refractivity contribution is -0.120. The van der Waals surface area contributed by atoms with Gasteiger partial charge in [0, 0.05) is 17.8 Å². The minimum Gasteiger partial charge on any atom is -0.396 e. The Morgan fingerprint density at radius 3 is 2.73 bits per heavy atom. The number of allylic oxidation sites excluding steroid dienone is 2. The molecule has 2 N–H and O–H groups in total. The largest absolute Gasteiger partial charge is 0.396 e. The third-order valence-electron chi connectivity index (χ3n) is 4.02. The van der Waals surface area contributed by atoms with Crippen LogP contribution >= 0.6 is 0 Å². The molecule has 0 bridgehead atoms. The van der Waals surface area contributed by atoms with E-state index in [1.54, 1.807) is 0 Å². The average Bonchev–Trinajstić information content (AvgIpc) is 2.54. The molecule has 2 rings (SSSR count). The summed E-state index contributed by atoms with van der Waals surface area (Å²) in [7, 11) is 0. The smallest absolute Gasteiger partial charge is 0.140 e.